The fourth-order valence-corrected chi connectivity index (χ4v) is 5.69. The van der Waals surface area contributed by atoms with E-state index < -0.39 is 0 Å². The lowest BCUT2D eigenvalue weighted by atomic mass is 9.98. The molecule has 8 aromatic rings. The summed E-state index contributed by atoms with van der Waals surface area (Å²) < 4.78 is 2.18. The average Bonchev–Trinajstić information content (AvgIpc) is 3.39. The highest BCUT2D eigenvalue weighted by atomic mass is 15.1. The van der Waals surface area contributed by atoms with Gasteiger partial charge in [-0.25, -0.2) is 9.97 Å². The predicted molar refractivity (Wildman–Crippen MR) is 168 cm³/mol. The van der Waals surface area contributed by atoms with Gasteiger partial charge in [0.05, 0.1) is 33.6 Å². The molecule has 0 saturated carbocycles. The van der Waals surface area contributed by atoms with Gasteiger partial charge in [-0.2, -0.15) is 0 Å². The van der Waals surface area contributed by atoms with Gasteiger partial charge in [0.15, 0.2) is 0 Å². The van der Waals surface area contributed by atoms with Gasteiger partial charge in [0.25, 0.3) is 0 Å². The number of benzene rings is 4. The Morgan fingerprint density at radius 1 is 0.439 bits per heavy atom. The molecule has 0 aliphatic rings. The molecule has 0 bridgehead atoms. The molecule has 0 saturated heterocycles. The Morgan fingerprint density at radius 2 is 1.15 bits per heavy atom. The zero-order valence-corrected chi connectivity index (χ0v) is 22.1. The number of hydrogen-bond acceptors (Lipinski definition) is 3. The summed E-state index contributed by atoms with van der Waals surface area (Å²) in [6.07, 6.45) is 1.84. The van der Waals surface area contributed by atoms with Crippen LogP contribution in [0.1, 0.15) is 0 Å². The third kappa shape index (κ3) is 4.05. The van der Waals surface area contributed by atoms with Crippen molar-refractivity contribution in [3.63, 3.8) is 0 Å². The molecule has 0 aliphatic carbocycles. The van der Waals surface area contributed by atoms with Crippen LogP contribution in [0.5, 0.6) is 0 Å². The first-order chi connectivity index (χ1) is 20.3. The summed E-state index contributed by atoms with van der Waals surface area (Å²) in [5.41, 5.74) is 9.09. The lowest BCUT2D eigenvalue weighted by molar-refractivity contribution is 1.08. The first-order valence-corrected chi connectivity index (χ1v) is 13.7. The fraction of sp³-hybridized carbons (Fsp3) is 0. The van der Waals surface area contributed by atoms with Crippen LogP contribution in [0.25, 0.3) is 72.3 Å². The van der Waals surface area contributed by atoms with Gasteiger partial charge in [-0.3, -0.25) is 9.55 Å². The maximum absolute atomic E-state index is 5.09. The molecular weight excluding hydrogens is 500 g/mol. The van der Waals surface area contributed by atoms with Crippen molar-refractivity contribution in [2.75, 3.05) is 0 Å². The van der Waals surface area contributed by atoms with E-state index in [-0.39, 0.29) is 0 Å². The number of rotatable bonds is 4. The molecule has 0 fully saturated rings. The predicted octanol–water partition coefficient (Wildman–Crippen LogP) is 9.12. The second-order valence-electron chi connectivity index (χ2n) is 10.2. The van der Waals surface area contributed by atoms with Gasteiger partial charge in [0.1, 0.15) is 5.82 Å². The van der Waals surface area contributed by atoms with E-state index in [4.69, 9.17) is 9.97 Å². The van der Waals surface area contributed by atoms with E-state index in [9.17, 15) is 0 Å². The first kappa shape index (κ1) is 23.3. The topological polar surface area (TPSA) is 43.6 Å². The summed E-state index contributed by atoms with van der Waals surface area (Å²) >= 11 is 0. The van der Waals surface area contributed by atoms with Crippen LogP contribution in [0.15, 0.2) is 146 Å². The Morgan fingerprint density at radius 3 is 2.10 bits per heavy atom. The Balaban J connectivity index is 1.19. The van der Waals surface area contributed by atoms with E-state index in [2.05, 4.69) is 119 Å². The molecule has 0 atom stereocenters. The van der Waals surface area contributed by atoms with Crippen molar-refractivity contribution >= 4 is 32.7 Å². The molecule has 0 radical (unpaired) electrons. The summed E-state index contributed by atoms with van der Waals surface area (Å²) in [4.78, 5) is 14.8. The average molecular weight is 525 g/mol. The van der Waals surface area contributed by atoms with Crippen LogP contribution in [0.2, 0.25) is 0 Å². The highest BCUT2D eigenvalue weighted by molar-refractivity contribution is 6.06. The van der Waals surface area contributed by atoms with E-state index in [1.165, 1.54) is 21.9 Å². The second kappa shape index (κ2) is 9.54. The van der Waals surface area contributed by atoms with Gasteiger partial charge in [0, 0.05) is 17.1 Å². The van der Waals surface area contributed by atoms with Crippen LogP contribution in [0.4, 0.5) is 0 Å². The molecular formula is C37H24N4. The molecule has 8 rings (SSSR count). The van der Waals surface area contributed by atoms with Crippen LogP contribution >= 0.6 is 0 Å². The lowest BCUT2D eigenvalue weighted by Gasteiger charge is -2.10. The van der Waals surface area contributed by atoms with E-state index in [1.807, 2.05) is 36.5 Å². The van der Waals surface area contributed by atoms with Gasteiger partial charge in [-0.1, -0.05) is 84.9 Å². The zero-order chi connectivity index (χ0) is 27.2. The highest BCUT2D eigenvalue weighted by Gasteiger charge is 2.14. The van der Waals surface area contributed by atoms with E-state index in [0.717, 1.165) is 50.4 Å². The van der Waals surface area contributed by atoms with Crippen LogP contribution < -0.4 is 0 Å². The summed E-state index contributed by atoms with van der Waals surface area (Å²) in [5.74, 6) is 0.840. The molecule has 0 aliphatic heterocycles. The van der Waals surface area contributed by atoms with E-state index in [0.29, 0.717) is 0 Å². The molecule has 0 unspecified atom stereocenters. The van der Waals surface area contributed by atoms with E-state index in [1.54, 1.807) is 0 Å². The quantitative estimate of drug-likeness (QED) is 0.231. The number of pyridine rings is 3. The Labute approximate surface area is 237 Å². The minimum atomic E-state index is 0.824. The number of hydrogen-bond donors (Lipinski definition) is 0. The van der Waals surface area contributed by atoms with Crippen LogP contribution in [-0.2, 0) is 0 Å². The van der Waals surface area contributed by atoms with Crippen molar-refractivity contribution in [2.45, 2.75) is 0 Å². The smallest absolute Gasteiger partial charge is 0.138 e. The molecule has 4 aromatic carbocycles. The lowest BCUT2D eigenvalue weighted by Crippen LogP contribution is -1.99. The molecule has 192 valence electrons. The number of aromatic nitrogens is 4. The maximum atomic E-state index is 5.09. The molecule has 0 spiro atoms. The second-order valence-corrected chi connectivity index (χ2v) is 10.2. The maximum Gasteiger partial charge on any atom is 0.138 e. The molecule has 0 N–H and O–H groups in total. The Kier molecular flexibility index (Phi) is 5.42. The van der Waals surface area contributed by atoms with Crippen molar-refractivity contribution in [2.24, 2.45) is 0 Å². The van der Waals surface area contributed by atoms with Crippen LogP contribution in [-0.4, -0.2) is 19.5 Å². The highest BCUT2D eigenvalue weighted by Crippen LogP contribution is 2.32. The van der Waals surface area contributed by atoms with Crippen molar-refractivity contribution in [3.05, 3.63) is 146 Å². The molecule has 4 heteroatoms. The van der Waals surface area contributed by atoms with Gasteiger partial charge < -0.3 is 0 Å². The zero-order valence-electron chi connectivity index (χ0n) is 22.1. The molecule has 41 heavy (non-hydrogen) atoms. The Bertz CT molecular complexity index is 2170. The third-order valence-corrected chi connectivity index (χ3v) is 7.64. The molecule has 4 nitrogen and oxygen atoms in total. The van der Waals surface area contributed by atoms with Gasteiger partial charge in [0.2, 0.25) is 0 Å². The molecule has 0 amide bonds. The summed E-state index contributed by atoms with van der Waals surface area (Å²) in [7, 11) is 0. The minimum absolute atomic E-state index is 0.824. The van der Waals surface area contributed by atoms with Gasteiger partial charge >= 0.3 is 0 Å². The summed E-state index contributed by atoms with van der Waals surface area (Å²) in [5, 5.41) is 3.59. The largest absolute Gasteiger partial charge is 0.292 e. The van der Waals surface area contributed by atoms with Gasteiger partial charge in [-0.15, -0.1) is 0 Å². The number of fused-ring (bicyclic) bond motifs is 4. The minimum Gasteiger partial charge on any atom is -0.292 e. The van der Waals surface area contributed by atoms with Crippen molar-refractivity contribution in [3.8, 4) is 39.6 Å². The molecule has 4 heterocycles. The SMILES string of the molecule is c1cc(-c2ccc3ccccc3c2)cc(-c2cccc(-c3cccc(-n4c5ccccc5c5ncccc54)n3)n2)c1. The van der Waals surface area contributed by atoms with Crippen LogP contribution in [0.3, 0.4) is 0 Å². The summed E-state index contributed by atoms with van der Waals surface area (Å²) in [6.45, 7) is 0. The van der Waals surface area contributed by atoms with Crippen molar-refractivity contribution in [1.82, 2.24) is 19.5 Å². The van der Waals surface area contributed by atoms with Gasteiger partial charge in [-0.05, 0) is 76.5 Å². The number of nitrogens with zero attached hydrogens (tertiary/aromatic N) is 4. The monoisotopic (exact) mass is 524 g/mol. The van der Waals surface area contributed by atoms with Crippen LogP contribution in [0, 0.1) is 0 Å². The first-order valence-electron chi connectivity index (χ1n) is 13.7. The van der Waals surface area contributed by atoms with Crippen molar-refractivity contribution in [1.29, 1.82) is 0 Å². The Hall–Kier alpha value is -5.61. The normalized spacial score (nSPS) is 11.4. The fourth-order valence-electron chi connectivity index (χ4n) is 5.69. The van der Waals surface area contributed by atoms with Crippen molar-refractivity contribution < 1.29 is 0 Å². The summed E-state index contributed by atoms with van der Waals surface area (Å²) in [6, 6.07) is 48.3. The standard InChI is InChI=1S/C37H24N4/c1-2-10-26-23-28(21-20-25(26)9-1)27-11-5-12-29(24-27)31-14-6-15-32(39-31)33-16-7-19-36(40-33)41-34-17-4-3-13-30(34)37-35(41)18-8-22-38-37/h1-24H. The van der Waals surface area contributed by atoms with E-state index >= 15 is 0 Å². The molecule has 4 aromatic heterocycles. The third-order valence-electron chi connectivity index (χ3n) is 7.64. The number of para-hydroxylation sites is 1.